The molecule has 0 unspecified atom stereocenters. The molecule has 0 fully saturated rings. The van der Waals surface area contributed by atoms with E-state index in [1.165, 1.54) is 24.3 Å². The van der Waals surface area contributed by atoms with Gasteiger partial charge in [0.1, 0.15) is 0 Å². The van der Waals surface area contributed by atoms with Crippen molar-refractivity contribution in [2.24, 2.45) is 0 Å². The number of benzene rings is 3. The fraction of sp³-hybridized carbons (Fsp3) is 0.250. The third-order valence-electron chi connectivity index (χ3n) is 5.25. The molecule has 0 spiro atoms. The van der Waals surface area contributed by atoms with Crippen LogP contribution in [0.2, 0.25) is 0 Å². The zero-order valence-electron chi connectivity index (χ0n) is 19.1. The summed E-state index contributed by atoms with van der Waals surface area (Å²) in [5.41, 5.74) is 6.22. The van der Waals surface area contributed by atoms with E-state index < -0.39 is 20.0 Å². The minimum atomic E-state index is -3.99. The lowest BCUT2D eigenvalue weighted by Crippen LogP contribution is -2.18. The number of nitrogens with one attached hydrogen (secondary N) is 2. The molecule has 3 aromatic carbocycles. The van der Waals surface area contributed by atoms with Crippen LogP contribution in [0.5, 0.6) is 0 Å². The van der Waals surface area contributed by atoms with Gasteiger partial charge in [-0.05, 0) is 82.0 Å². The van der Waals surface area contributed by atoms with Gasteiger partial charge in [0, 0.05) is 0 Å². The van der Waals surface area contributed by atoms with E-state index >= 15 is 0 Å². The molecule has 0 aromatic heterocycles. The molecular formula is C24H28N2O4S2. The molecule has 32 heavy (non-hydrogen) atoms. The van der Waals surface area contributed by atoms with Crippen molar-refractivity contribution in [3.05, 3.63) is 81.9 Å². The Hall–Kier alpha value is -2.84. The maximum Gasteiger partial charge on any atom is 0.261 e. The van der Waals surface area contributed by atoms with Gasteiger partial charge in [-0.1, -0.05) is 41.5 Å². The Labute approximate surface area is 190 Å². The summed E-state index contributed by atoms with van der Waals surface area (Å²) < 4.78 is 57.4. The summed E-state index contributed by atoms with van der Waals surface area (Å²) in [7, 11) is -7.98. The topological polar surface area (TPSA) is 92.3 Å². The maximum atomic E-state index is 13.0. The minimum absolute atomic E-state index is 0.128. The minimum Gasteiger partial charge on any atom is -0.279 e. The van der Waals surface area contributed by atoms with Crippen LogP contribution in [0.15, 0.2) is 58.3 Å². The van der Waals surface area contributed by atoms with Crippen molar-refractivity contribution in [3.8, 4) is 0 Å². The molecule has 3 aromatic rings. The monoisotopic (exact) mass is 472 g/mol. The van der Waals surface area contributed by atoms with Crippen LogP contribution in [0, 0.1) is 41.5 Å². The molecule has 0 radical (unpaired) electrons. The SMILES string of the molecule is Cc1cc(C)c(NS(=O)(=O)c2cccc(S(=O)(=O)Nc3c(C)cc(C)cc3C)c2)c(C)c1. The second-order valence-electron chi connectivity index (χ2n) is 8.23. The van der Waals surface area contributed by atoms with Crippen LogP contribution in [0.4, 0.5) is 11.4 Å². The van der Waals surface area contributed by atoms with Crippen LogP contribution in [0.1, 0.15) is 33.4 Å². The van der Waals surface area contributed by atoms with E-state index in [-0.39, 0.29) is 9.79 Å². The molecule has 3 rings (SSSR count). The summed E-state index contributed by atoms with van der Waals surface area (Å²) >= 11 is 0. The molecule has 0 saturated heterocycles. The van der Waals surface area contributed by atoms with Gasteiger partial charge in [-0.25, -0.2) is 16.8 Å². The Bertz CT molecular complexity index is 1260. The third-order valence-corrected chi connectivity index (χ3v) is 7.95. The van der Waals surface area contributed by atoms with E-state index in [0.29, 0.717) is 11.4 Å². The summed E-state index contributed by atoms with van der Waals surface area (Å²) in [4.78, 5) is -0.255. The lowest BCUT2D eigenvalue weighted by molar-refractivity contribution is 0.599. The molecule has 0 saturated carbocycles. The molecule has 0 amide bonds. The highest BCUT2D eigenvalue weighted by Crippen LogP contribution is 2.28. The lowest BCUT2D eigenvalue weighted by atomic mass is 10.1. The average molecular weight is 473 g/mol. The zero-order chi connectivity index (χ0) is 23.8. The summed E-state index contributed by atoms with van der Waals surface area (Å²) in [6.45, 7) is 11.2. The molecule has 0 bridgehead atoms. The first-order valence-electron chi connectivity index (χ1n) is 10.1. The van der Waals surface area contributed by atoms with E-state index in [0.717, 1.165) is 33.4 Å². The van der Waals surface area contributed by atoms with Crippen molar-refractivity contribution in [2.45, 2.75) is 51.3 Å². The van der Waals surface area contributed by atoms with Crippen molar-refractivity contribution >= 4 is 31.4 Å². The third kappa shape index (κ3) is 4.97. The summed E-state index contributed by atoms with van der Waals surface area (Å²) in [6.07, 6.45) is 0. The van der Waals surface area contributed by atoms with Gasteiger partial charge in [0.15, 0.2) is 0 Å². The van der Waals surface area contributed by atoms with Crippen LogP contribution in [0.25, 0.3) is 0 Å². The molecule has 6 nitrogen and oxygen atoms in total. The van der Waals surface area contributed by atoms with Crippen LogP contribution in [-0.4, -0.2) is 16.8 Å². The summed E-state index contributed by atoms with van der Waals surface area (Å²) in [6, 6.07) is 12.9. The molecule has 0 aliphatic carbocycles. The normalized spacial score (nSPS) is 11.9. The molecule has 8 heteroatoms. The van der Waals surface area contributed by atoms with E-state index in [1.807, 2.05) is 65.8 Å². The van der Waals surface area contributed by atoms with Crippen molar-refractivity contribution in [3.63, 3.8) is 0 Å². The highest BCUT2D eigenvalue weighted by atomic mass is 32.2. The molecule has 170 valence electrons. The Balaban J connectivity index is 1.97. The van der Waals surface area contributed by atoms with Gasteiger partial charge in [0.25, 0.3) is 20.0 Å². The summed E-state index contributed by atoms with van der Waals surface area (Å²) in [5.74, 6) is 0. The Morgan fingerprint density at radius 2 is 0.844 bits per heavy atom. The summed E-state index contributed by atoms with van der Waals surface area (Å²) in [5, 5.41) is 0. The lowest BCUT2D eigenvalue weighted by Gasteiger charge is -2.16. The van der Waals surface area contributed by atoms with Gasteiger partial charge in [-0.15, -0.1) is 0 Å². The van der Waals surface area contributed by atoms with Crippen LogP contribution >= 0.6 is 0 Å². The number of sulfonamides is 2. The first-order valence-corrected chi connectivity index (χ1v) is 13.1. The number of rotatable bonds is 6. The molecular weight excluding hydrogens is 444 g/mol. The van der Waals surface area contributed by atoms with Gasteiger partial charge in [-0.3, -0.25) is 9.44 Å². The van der Waals surface area contributed by atoms with Gasteiger partial charge >= 0.3 is 0 Å². The van der Waals surface area contributed by atoms with Crippen LogP contribution < -0.4 is 9.44 Å². The molecule has 0 aliphatic heterocycles. The molecule has 2 N–H and O–H groups in total. The fourth-order valence-corrected chi connectivity index (χ4v) is 6.45. The molecule has 0 aliphatic rings. The van der Waals surface area contributed by atoms with Gasteiger partial charge in [0.2, 0.25) is 0 Å². The average Bonchev–Trinajstić information content (AvgIpc) is 2.68. The number of aryl methyl sites for hydroxylation is 6. The second-order valence-corrected chi connectivity index (χ2v) is 11.6. The quantitative estimate of drug-likeness (QED) is 0.520. The predicted molar refractivity (Wildman–Crippen MR) is 129 cm³/mol. The fourth-order valence-electron chi connectivity index (χ4n) is 3.88. The van der Waals surface area contributed by atoms with Crippen molar-refractivity contribution in [1.82, 2.24) is 0 Å². The van der Waals surface area contributed by atoms with E-state index in [9.17, 15) is 16.8 Å². The number of hydrogen-bond donors (Lipinski definition) is 2. The smallest absolute Gasteiger partial charge is 0.261 e. The molecule has 0 heterocycles. The second kappa shape index (κ2) is 8.60. The van der Waals surface area contributed by atoms with Crippen molar-refractivity contribution < 1.29 is 16.8 Å². The van der Waals surface area contributed by atoms with Gasteiger partial charge in [0.05, 0.1) is 21.2 Å². The first kappa shape index (κ1) is 23.8. The predicted octanol–water partition coefficient (Wildman–Crippen LogP) is 5.14. The zero-order valence-corrected chi connectivity index (χ0v) is 20.7. The highest BCUT2D eigenvalue weighted by molar-refractivity contribution is 7.93. The number of hydrogen-bond acceptors (Lipinski definition) is 4. The van der Waals surface area contributed by atoms with Crippen LogP contribution in [-0.2, 0) is 20.0 Å². The Kier molecular flexibility index (Phi) is 6.40. The largest absolute Gasteiger partial charge is 0.279 e. The molecule has 0 atom stereocenters. The van der Waals surface area contributed by atoms with Gasteiger partial charge < -0.3 is 0 Å². The van der Waals surface area contributed by atoms with Crippen molar-refractivity contribution in [1.29, 1.82) is 0 Å². The standard InChI is InChI=1S/C24H28N2O4S2/c1-15-10-17(3)23(18(4)11-15)25-31(27,28)21-8-7-9-22(14-21)32(29,30)26-24-19(5)12-16(2)13-20(24)6/h7-14,25-26H,1-6H3. The van der Waals surface area contributed by atoms with Crippen LogP contribution in [0.3, 0.4) is 0 Å². The maximum absolute atomic E-state index is 13.0. The number of anilines is 2. The highest BCUT2D eigenvalue weighted by Gasteiger charge is 2.22. The Morgan fingerprint density at radius 1 is 0.531 bits per heavy atom. The Morgan fingerprint density at radius 3 is 1.16 bits per heavy atom. The van der Waals surface area contributed by atoms with Crippen molar-refractivity contribution in [2.75, 3.05) is 9.44 Å². The first-order chi connectivity index (χ1) is 14.8. The van der Waals surface area contributed by atoms with Gasteiger partial charge in [-0.2, -0.15) is 0 Å². The van der Waals surface area contributed by atoms with E-state index in [2.05, 4.69) is 9.44 Å². The van der Waals surface area contributed by atoms with E-state index in [4.69, 9.17) is 0 Å². The van der Waals surface area contributed by atoms with E-state index in [1.54, 1.807) is 0 Å².